The van der Waals surface area contributed by atoms with E-state index < -0.39 is 0 Å². The van der Waals surface area contributed by atoms with Crippen LogP contribution < -0.4 is 0 Å². The predicted molar refractivity (Wildman–Crippen MR) is 64.0 cm³/mol. The molecule has 0 atom stereocenters. The largest absolute Gasteiger partial charge is 0.348 e. The Hall–Kier alpha value is -1.48. The van der Waals surface area contributed by atoms with Crippen LogP contribution in [0.5, 0.6) is 0 Å². The molecule has 0 amide bonds. The van der Waals surface area contributed by atoms with Crippen molar-refractivity contribution < 1.29 is 4.79 Å². The summed E-state index contributed by atoms with van der Waals surface area (Å²) in [4.78, 5) is 12.2. The van der Waals surface area contributed by atoms with Crippen molar-refractivity contribution in [3.63, 3.8) is 0 Å². The summed E-state index contributed by atoms with van der Waals surface area (Å²) < 4.78 is 3.70. The molecule has 0 N–H and O–H groups in total. The lowest BCUT2D eigenvalue weighted by Gasteiger charge is -2.07. The van der Waals surface area contributed by atoms with Crippen LogP contribution in [0.2, 0.25) is 0 Å². The standard InChI is InChI=1S/C12H13ClN2O/c1-14-7-2-4-10(14)12(16)11-5-3-8-15(11)9-6-13/h2-5,7-8H,6,9H2,1H3. The summed E-state index contributed by atoms with van der Waals surface area (Å²) >= 11 is 5.69. The van der Waals surface area contributed by atoms with Gasteiger partial charge in [0, 0.05) is 31.9 Å². The number of halogens is 1. The lowest BCUT2D eigenvalue weighted by atomic mass is 10.2. The highest BCUT2D eigenvalue weighted by molar-refractivity contribution is 6.17. The van der Waals surface area contributed by atoms with Crippen LogP contribution in [0.1, 0.15) is 16.2 Å². The molecule has 2 rings (SSSR count). The molecule has 0 fully saturated rings. The van der Waals surface area contributed by atoms with Gasteiger partial charge in [-0.1, -0.05) is 0 Å². The van der Waals surface area contributed by atoms with Gasteiger partial charge in [0.25, 0.3) is 0 Å². The van der Waals surface area contributed by atoms with Crippen LogP contribution in [0, 0.1) is 0 Å². The first-order valence-electron chi connectivity index (χ1n) is 5.11. The summed E-state index contributed by atoms with van der Waals surface area (Å²) in [6.45, 7) is 0.653. The van der Waals surface area contributed by atoms with E-state index in [1.165, 1.54) is 0 Å². The lowest BCUT2D eigenvalue weighted by Crippen LogP contribution is -2.13. The van der Waals surface area contributed by atoms with E-state index in [4.69, 9.17) is 11.6 Å². The Morgan fingerprint density at radius 1 is 1.25 bits per heavy atom. The first kappa shape index (κ1) is 11.0. The van der Waals surface area contributed by atoms with Crippen LogP contribution >= 0.6 is 11.6 Å². The monoisotopic (exact) mass is 236 g/mol. The molecule has 3 nitrogen and oxygen atoms in total. The van der Waals surface area contributed by atoms with E-state index in [0.717, 1.165) is 0 Å². The van der Waals surface area contributed by atoms with Crippen molar-refractivity contribution in [3.8, 4) is 0 Å². The molecule has 0 aliphatic carbocycles. The molecule has 0 aromatic carbocycles. The van der Waals surface area contributed by atoms with Crippen LogP contribution in [0.25, 0.3) is 0 Å². The molecule has 2 aromatic rings. The number of alkyl halides is 1. The van der Waals surface area contributed by atoms with Gasteiger partial charge >= 0.3 is 0 Å². The molecule has 0 radical (unpaired) electrons. The Morgan fingerprint density at radius 2 is 1.94 bits per heavy atom. The van der Waals surface area contributed by atoms with Gasteiger partial charge in [-0.2, -0.15) is 0 Å². The second kappa shape index (κ2) is 4.58. The fourth-order valence-corrected chi connectivity index (χ4v) is 1.92. The van der Waals surface area contributed by atoms with Crippen molar-refractivity contribution in [3.05, 3.63) is 48.0 Å². The third-order valence-corrected chi connectivity index (χ3v) is 2.73. The van der Waals surface area contributed by atoms with Crippen LogP contribution in [-0.4, -0.2) is 20.8 Å². The SMILES string of the molecule is Cn1cccc1C(=O)c1cccn1CCCl. The number of carbonyl (C=O) groups excluding carboxylic acids is 1. The van der Waals surface area contributed by atoms with Crippen molar-refractivity contribution in [2.24, 2.45) is 7.05 Å². The van der Waals surface area contributed by atoms with Crippen molar-refractivity contribution in [2.75, 3.05) is 5.88 Å². The molecule has 16 heavy (non-hydrogen) atoms. The van der Waals surface area contributed by atoms with Gasteiger partial charge in [0.2, 0.25) is 5.78 Å². The highest BCUT2D eigenvalue weighted by atomic mass is 35.5. The predicted octanol–water partition coefficient (Wildman–Crippen LogP) is 2.30. The average Bonchev–Trinajstić information content (AvgIpc) is 2.87. The first-order chi connectivity index (χ1) is 7.74. The average molecular weight is 237 g/mol. The maximum Gasteiger partial charge on any atom is 0.225 e. The molecule has 0 aliphatic heterocycles. The van der Waals surface area contributed by atoms with Crippen molar-refractivity contribution >= 4 is 17.4 Å². The Bertz CT molecular complexity index is 499. The van der Waals surface area contributed by atoms with Gasteiger partial charge in [-0.25, -0.2) is 0 Å². The van der Waals surface area contributed by atoms with E-state index in [0.29, 0.717) is 23.8 Å². The molecule has 0 saturated heterocycles. The quantitative estimate of drug-likeness (QED) is 0.591. The maximum absolute atomic E-state index is 12.2. The van der Waals surface area contributed by atoms with Gasteiger partial charge in [-0.05, 0) is 24.3 Å². The molecular formula is C12H13ClN2O. The first-order valence-corrected chi connectivity index (χ1v) is 5.64. The molecule has 0 unspecified atom stereocenters. The summed E-state index contributed by atoms with van der Waals surface area (Å²) in [5, 5.41) is 0. The van der Waals surface area contributed by atoms with Gasteiger partial charge < -0.3 is 9.13 Å². The summed E-state index contributed by atoms with van der Waals surface area (Å²) in [6.07, 6.45) is 3.74. The summed E-state index contributed by atoms with van der Waals surface area (Å²) in [7, 11) is 1.86. The number of aromatic nitrogens is 2. The number of ketones is 1. The Labute approximate surface area is 99.3 Å². The van der Waals surface area contributed by atoms with Crippen molar-refractivity contribution in [2.45, 2.75) is 6.54 Å². The van der Waals surface area contributed by atoms with Gasteiger partial charge in [0.15, 0.2) is 0 Å². The van der Waals surface area contributed by atoms with E-state index in [1.807, 2.05) is 52.8 Å². The fourth-order valence-electron chi connectivity index (χ4n) is 1.73. The Morgan fingerprint density at radius 3 is 2.56 bits per heavy atom. The van der Waals surface area contributed by atoms with E-state index >= 15 is 0 Å². The number of rotatable bonds is 4. The number of hydrogen-bond donors (Lipinski definition) is 0. The molecule has 0 bridgehead atoms. The van der Waals surface area contributed by atoms with Crippen LogP contribution in [0.15, 0.2) is 36.7 Å². The van der Waals surface area contributed by atoms with E-state index in [1.54, 1.807) is 0 Å². The molecule has 2 aromatic heterocycles. The van der Waals surface area contributed by atoms with E-state index in [9.17, 15) is 4.79 Å². The zero-order chi connectivity index (χ0) is 11.5. The third kappa shape index (κ3) is 1.91. The van der Waals surface area contributed by atoms with Crippen molar-refractivity contribution in [1.29, 1.82) is 0 Å². The lowest BCUT2D eigenvalue weighted by molar-refractivity contribution is 0.102. The smallest absolute Gasteiger partial charge is 0.225 e. The zero-order valence-corrected chi connectivity index (χ0v) is 9.81. The zero-order valence-electron chi connectivity index (χ0n) is 9.06. The Balaban J connectivity index is 2.34. The third-order valence-electron chi connectivity index (χ3n) is 2.56. The highest BCUT2D eigenvalue weighted by Crippen LogP contribution is 2.11. The topological polar surface area (TPSA) is 26.9 Å². The molecule has 0 spiro atoms. The molecular weight excluding hydrogens is 224 g/mol. The van der Waals surface area contributed by atoms with Gasteiger partial charge in [0.05, 0.1) is 11.4 Å². The maximum atomic E-state index is 12.2. The summed E-state index contributed by atoms with van der Waals surface area (Å²) in [5.41, 5.74) is 1.37. The molecule has 84 valence electrons. The van der Waals surface area contributed by atoms with Crippen LogP contribution in [-0.2, 0) is 13.6 Å². The van der Waals surface area contributed by atoms with E-state index in [-0.39, 0.29) is 5.78 Å². The Kier molecular flexibility index (Phi) is 3.15. The second-order valence-corrected chi connectivity index (χ2v) is 3.99. The number of aryl methyl sites for hydroxylation is 2. The van der Waals surface area contributed by atoms with Gasteiger partial charge in [0.1, 0.15) is 0 Å². The number of hydrogen-bond acceptors (Lipinski definition) is 1. The molecule has 0 saturated carbocycles. The van der Waals surface area contributed by atoms with Gasteiger partial charge in [-0.3, -0.25) is 4.79 Å². The summed E-state index contributed by atoms with van der Waals surface area (Å²) in [6, 6.07) is 7.37. The normalized spacial score (nSPS) is 10.6. The molecule has 0 aliphatic rings. The molecule has 2 heterocycles. The summed E-state index contributed by atoms with van der Waals surface area (Å²) in [5.74, 6) is 0.532. The number of carbonyl (C=O) groups is 1. The van der Waals surface area contributed by atoms with Gasteiger partial charge in [-0.15, -0.1) is 11.6 Å². The minimum atomic E-state index is 0.0302. The van der Waals surface area contributed by atoms with Crippen LogP contribution in [0.3, 0.4) is 0 Å². The highest BCUT2D eigenvalue weighted by Gasteiger charge is 2.15. The molecule has 4 heteroatoms. The second-order valence-electron chi connectivity index (χ2n) is 3.61. The minimum absolute atomic E-state index is 0.0302. The number of nitrogens with zero attached hydrogens (tertiary/aromatic N) is 2. The van der Waals surface area contributed by atoms with Crippen molar-refractivity contribution in [1.82, 2.24) is 9.13 Å². The van der Waals surface area contributed by atoms with Crippen LogP contribution in [0.4, 0.5) is 0 Å². The fraction of sp³-hybridized carbons (Fsp3) is 0.250. The van der Waals surface area contributed by atoms with E-state index in [2.05, 4.69) is 0 Å². The minimum Gasteiger partial charge on any atom is -0.348 e.